The summed E-state index contributed by atoms with van der Waals surface area (Å²) in [4.78, 5) is 0. The van der Waals surface area contributed by atoms with Gasteiger partial charge >= 0.3 is 0 Å². The summed E-state index contributed by atoms with van der Waals surface area (Å²) >= 11 is 0. The molecule has 2 aromatic heterocycles. The number of para-hydroxylation sites is 4. The van der Waals surface area contributed by atoms with Crippen LogP contribution >= 0.6 is 0 Å². The SMILES string of the molecule is N#Cc1cccc(-c2ccccc2)c1-n1c2ccccc2c2cc(-c3ccc4c(c3)c3ccccc3n4-c3ccccc3)ccc21. The monoisotopic (exact) mass is 585 g/mol. The smallest absolute Gasteiger partial charge is 0.101 e. The number of benzene rings is 7. The van der Waals surface area contributed by atoms with E-state index in [1.54, 1.807) is 0 Å². The van der Waals surface area contributed by atoms with E-state index in [0.717, 1.165) is 49.9 Å². The largest absolute Gasteiger partial charge is 0.309 e. The summed E-state index contributed by atoms with van der Waals surface area (Å²) in [5, 5.41) is 15.1. The van der Waals surface area contributed by atoms with Gasteiger partial charge in [-0.15, -0.1) is 0 Å². The van der Waals surface area contributed by atoms with Gasteiger partial charge in [-0.3, -0.25) is 0 Å². The lowest BCUT2D eigenvalue weighted by Gasteiger charge is -2.16. The molecule has 3 nitrogen and oxygen atoms in total. The Morgan fingerprint density at radius 2 is 0.913 bits per heavy atom. The number of nitrogens with zero attached hydrogens (tertiary/aromatic N) is 3. The quantitative estimate of drug-likeness (QED) is 0.202. The summed E-state index contributed by atoms with van der Waals surface area (Å²) in [6.07, 6.45) is 0. The molecule has 0 saturated carbocycles. The van der Waals surface area contributed by atoms with Gasteiger partial charge in [0, 0.05) is 32.8 Å². The van der Waals surface area contributed by atoms with E-state index in [1.807, 2.05) is 30.3 Å². The number of hydrogen-bond donors (Lipinski definition) is 0. The van der Waals surface area contributed by atoms with Gasteiger partial charge in [-0.2, -0.15) is 5.26 Å². The van der Waals surface area contributed by atoms with Crippen molar-refractivity contribution in [3.8, 4) is 39.7 Å². The standard InChI is InChI=1S/C43H27N3/c44-28-32-14-11-19-34(29-12-3-1-4-13-29)43(32)46-40-21-10-8-18-36(40)38-27-31(23-25-42(38)46)30-22-24-41-37(26-30)35-17-7-9-20-39(35)45(41)33-15-5-2-6-16-33/h1-27H. The number of hydrogen-bond acceptors (Lipinski definition) is 1. The molecule has 0 aliphatic carbocycles. The topological polar surface area (TPSA) is 33.6 Å². The molecule has 0 radical (unpaired) electrons. The summed E-state index contributed by atoms with van der Waals surface area (Å²) < 4.78 is 4.62. The van der Waals surface area contributed by atoms with E-state index >= 15 is 0 Å². The third kappa shape index (κ3) is 3.91. The lowest BCUT2D eigenvalue weighted by atomic mass is 9.99. The molecule has 0 unspecified atom stereocenters. The van der Waals surface area contributed by atoms with Crippen molar-refractivity contribution < 1.29 is 0 Å². The van der Waals surface area contributed by atoms with Crippen LogP contribution in [0.5, 0.6) is 0 Å². The van der Waals surface area contributed by atoms with E-state index in [-0.39, 0.29) is 0 Å². The molecule has 9 rings (SSSR count). The molecular weight excluding hydrogens is 558 g/mol. The van der Waals surface area contributed by atoms with Crippen LogP contribution in [-0.2, 0) is 0 Å². The van der Waals surface area contributed by atoms with Crippen LogP contribution in [0.2, 0.25) is 0 Å². The van der Waals surface area contributed by atoms with E-state index in [2.05, 4.69) is 149 Å². The molecular formula is C43H27N3. The Morgan fingerprint density at radius 1 is 0.391 bits per heavy atom. The third-order valence-corrected chi connectivity index (χ3v) is 9.16. The zero-order valence-electron chi connectivity index (χ0n) is 24.9. The van der Waals surface area contributed by atoms with Crippen LogP contribution in [-0.4, -0.2) is 9.13 Å². The molecule has 9 aromatic rings. The number of nitriles is 1. The van der Waals surface area contributed by atoms with E-state index < -0.39 is 0 Å². The average molecular weight is 586 g/mol. The first kappa shape index (κ1) is 26.1. The Hall–Kier alpha value is -6.37. The fraction of sp³-hybridized carbons (Fsp3) is 0. The maximum absolute atomic E-state index is 10.3. The van der Waals surface area contributed by atoms with Crippen molar-refractivity contribution in [2.24, 2.45) is 0 Å². The first-order valence-corrected chi connectivity index (χ1v) is 15.5. The number of aromatic nitrogens is 2. The van der Waals surface area contributed by atoms with Gasteiger partial charge in [0.1, 0.15) is 6.07 Å². The molecule has 46 heavy (non-hydrogen) atoms. The summed E-state index contributed by atoms with van der Waals surface area (Å²) in [5.74, 6) is 0. The highest BCUT2D eigenvalue weighted by molar-refractivity contribution is 6.13. The molecule has 2 heterocycles. The van der Waals surface area contributed by atoms with Crippen molar-refractivity contribution in [2.75, 3.05) is 0 Å². The van der Waals surface area contributed by atoms with E-state index in [1.165, 1.54) is 27.4 Å². The van der Waals surface area contributed by atoms with Gasteiger partial charge in [0.15, 0.2) is 0 Å². The second-order valence-electron chi connectivity index (χ2n) is 11.7. The van der Waals surface area contributed by atoms with Gasteiger partial charge < -0.3 is 9.13 Å². The highest BCUT2D eigenvalue weighted by atomic mass is 15.0. The van der Waals surface area contributed by atoms with Crippen molar-refractivity contribution in [3.63, 3.8) is 0 Å². The second kappa shape index (κ2) is 10.4. The molecule has 0 bridgehead atoms. The van der Waals surface area contributed by atoms with Crippen molar-refractivity contribution >= 4 is 43.6 Å². The Bertz CT molecular complexity index is 2630. The Balaban J connectivity index is 1.28. The highest BCUT2D eigenvalue weighted by Gasteiger charge is 2.20. The second-order valence-corrected chi connectivity index (χ2v) is 11.7. The van der Waals surface area contributed by atoms with Gasteiger partial charge in [0.2, 0.25) is 0 Å². The molecule has 0 fully saturated rings. The van der Waals surface area contributed by atoms with Crippen LogP contribution in [0, 0.1) is 11.3 Å². The Kier molecular flexibility index (Phi) is 5.88. The van der Waals surface area contributed by atoms with Gasteiger partial charge in [-0.05, 0) is 71.3 Å². The van der Waals surface area contributed by atoms with Crippen molar-refractivity contribution in [1.29, 1.82) is 5.26 Å². The maximum atomic E-state index is 10.3. The number of fused-ring (bicyclic) bond motifs is 6. The normalized spacial score (nSPS) is 11.5. The molecule has 0 atom stereocenters. The van der Waals surface area contributed by atoms with Crippen LogP contribution in [0.3, 0.4) is 0 Å². The van der Waals surface area contributed by atoms with E-state index in [4.69, 9.17) is 0 Å². The first-order valence-electron chi connectivity index (χ1n) is 15.5. The summed E-state index contributed by atoms with van der Waals surface area (Å²) in [5.41, 5.74) is 11.7. The van der Waals surface area contributed by atoms with Crippen LogP contribution in [0.1, 0.15) is 5.56 Å². The van der Waals surface area contributed by atoms with Crippen molar-refractivity contribution in [1.82, 2.24) is 9.13 Å². The van der Waals surface area contributed by atoms with E-state index in [0.29, 0.717) is 5.56 Å². The first-order chi connectivity index (χ1) is 22.8. The number of rotatable bonds is 4. The predicted octanol–water partition coefficient (Wildman–Crippen LogP) is 11.1. The van der Waals surface area contributed by atoms with Crippen molar-refractivity contribution in [3.05, 3.63) is 169 Å². The molecule has 3 heteroatoms. The lowest BCUT2D eigenvalue weighted by Crippen LogP contribution is -2.00. The third-order valence-electron chi connectivity index (χ3n) is 9.16. The van der Waals surface area contributed by atoms with Crippen LogP contribution in [0.25, 0.3) is 77.2 Å². The molecule has 7 aromatic carbocycles. The molecule has 0 amide bonds. The van der Waals surface area contributed by atoms with Gasteiger partial charge in [0.25, 0.3) is 0 Å². The zero-order chi connectivity index (χ0) is 30.6. The molecule has 0 aliphatic rings. The molecule has 0 spiro atoms. The summed E-state index contributed by atoms with van der Waals surface area (Å²) in [6.45, 7) is 0. The highest BCUT2D eigenvalue weighted by Crippen LogP contribution is 2.40. The lowest BCUT2D eigenvalue weighted by molar-refractivity contribution is 1.17. The summed E-state index contributed by atoms with van der Waals surface area (Å²) in [7, 11) is 0. The molecule has 214 valence electrons. The molecule has 0 N–H and O–H groups in total. The fourth-order valence-electron chi connectivity index (χ4n) is 7.13. The van der Waals surface area contributed by atoms with Gasteiger partial charge in [0.05, 0.1) is 33.3 Å². The average Bonchev–Trinajstić information content (AvgIpc) is 3.64. The molecule has 0 aliphatic heterocycles. The van der Waals surface area contributed by atoms with Crippen LogP contribution in [0.15, 0.2) is 164 Å². The minimum atomic E-state index is 0.647. The Morgan fingerprint density at radius 3 is 1.54 bits per heavy atom. The summed E-state index contributed by atoms with van der Waals surface area (Å²) in [6, 6.07) is 60.1. The maximum Gasteiger partial charge on any atom is 0.101 e. The van der Waals surface area contributed by atoms with Crippen molar-refractivity contribution in [2.45, 2.75) is 0 Å². The van der Waals surface area contributed by atoms with Crippen LogP contribution in [0.4, 0.5) is 0 Å². The van der Waals surface area contributed by atoms with Gasteiger partial charge in [-0.1, -0.05) is 109 Å². The Labute approximate surface area is 266 Å². The van der Waals surface area contributed by atoms with E-state index in [9.17, 15) is 5.26 Å². The zero-order valence-corrected chi connectivity index (χ0v) is 24.9. The molecule has 0 saturated heterocycles. The minimum absolute atomic E-state index is 0.647. The van der Waals surface area contributed by atoms with Gasteiger partial charge in [-0.25, -0.2) is 0 Å². The predicted molar refractivity (Wildman–Crippen MR) is 191 cm³/mol. The minimum Gasteiger partial charge on any atom is -0.309 e. The van der Waals surface area contributed by atoms with Crippen LogP contribution < -0.4 is 0 Å². The fourth-order valence-corrected chi connectivity index (χ4v) is 7.13.